The topological polar surface area (TPSA) is 26.0 Å². The van der Waals surface area contributed by atoms with Crippen molar-refractivity contribution in [2.24, 2.45) is 5.73 Å². The highest BCUT2D eigenvalue weighted by atomic mass is 32.2. The van der Waals surface area contributed by atoms with E-state index in [0.29, 0.717) is 12.1 Å². The van der Waals surface area contributed by atoms with E-state index >= 15 is 0 Å². The largest absolute Gasteiger partial charge is 0.327 e. The van der Waals surface area contributed by atoms with Gasteiger partial charge in [0.05, 0.1) is 0 Å². The van der Waals surface area contributed by atoms with Gasteiger partial charge >= 0.3 is 0 Å². The zero-order chi connectivity index (χ0) is 9.68. The predicted molar refractivity (Wildman–Crippen MR) is 56.3 cm³/mol. The molecule has 2 N–H and O–H groups in total. The van der Waals surface area contributed by atoms with Crippen LogP contribution in [0, 0.1) is 5.82 Å². The molecule has 13 heavy (non-hydrogen) atoms. The van der Waals surface area contributed by atoms with Crippen LogP contribution in [-0.2, 0) is 0 Å². The van der Waals surface area contributed by atoms with Crippen LogP contribution in [0.5, 0.6) is 0 Å². The molecular weight excluding hydrogens is 185 g/mol. The predicted octanol–water partition coefficient (Wildman–Crippen LogP) is 2.52. The van der Waals surface area contributed by atoms with E-state index in [1.807, 2.05) is 12.3 Å². The molecule has 0 saturated carbocycles. The third-order valence-corrected chi connectivity index (χ3v) is 2.36. The summed E-state index contributed by atoms with van der Waals surface area (Å²) in [6.07, 6.45) is 5.40. The first-order valence-electron chi connectivity index (χ1n) is 3.98. The monoisotopic (exact) mass is 197 g/mol. The molecule has 1 nitrogen and oxygen atoms in total. The first kappa shape index (κ1) is 10.3. The van der Waals surface area contributed by atoms with Crippen molar-refractivity contribution in [2.45, 2.75) is 4.90 Å². The lowest BCUT2D eigenvalue weighted by molar-refractivity contribution is 0.623. The van der Waals surface area contributed by atoms with Crippen LogP contribution in [0.2, 0.25) is 0 Å². The maximum Gasteiger partial charge on any atom is 0.130 e. The van der Waals surface area contributed by atoms with Crippen molar-refractivity contribution in [3.8, 4) is 0 Å². The highest BCUT2D eigenvalue weighted by molar-refractivity contribution is 7.98. The highest BCUT2D eigenvalue weighted by Crippen LogP contribution is 2.19. The molecule has 0 unspecified atom stereocenters. The van der Waals surface area contributed by atoms with Gasteiger partial charge in [-0.1, -0.05) is 12.2 Å². The Balaban J connectivity index is 2.97. The molecule has 0 aliphatic carbocycles. The number of hydrogen-bond acceptors (Lipinski definition) is 2. The van der Waals surface area contributed by atoms with Crippen LogP contribution in [0.4, 0.5) is 4.39 Å². The summed E-state index contributed by atoms with van der Waals surface area (Å²) in [5.74, 6) is -0.206. The third-order valence-electron chi connectivity index (χ3n) is 1.64. The molecule has 0 aliphatic heterocycles. The first-order valence-corrected chi connectivity index (χ1v) is 5.20. The maximum absolute atomic E-state index is 13.1. The second kappa shape index (κ2) is 5.04. The van der Waals surface area contributed by atoms with E-state index in [1.54, 1.807) is 30.0 Å². The summed E-state index contributed by atoms with van der Waals surface area (Å²) in [4.78, 5) is 1.05. The molecule has 0 saturated heterocycles. The van der Waals surface area contributed by atoms with E-state index in [4.69, 9.17) is 5.73 Å². The zero-order valence-electron chi connectivity index (χ0n) is 7.46. The molecule has 70 valence electrons. The normalized spacial score (nSPS) is 11.0. The molecular formula is C10H12FNS. The van der Waals surface area contributed by atoms with Gasteiger partial charge in [0.25, 0.3) is 0 Å². The van der Waals surface area contributed by atoms with Gasteiger partial charge in [0.1, 0.15) is 5.82 Å². The Morgan fingerprint density at radius 2 is 2.31 bits per heavy atom. The number of nitrogens with two attached hydrogens (primary N) is 1. The molecule has 0 radical (unpaired) electrons. The van der Waals surface area contributed by atoms with E-state index in [-0.39, 0.29) is 5.82 Å². The molecule has 0 aliphatic rings. The van der Waals surface area contributed by atoms with Gasteiger partial charge in [-0.05, 0) is 24.5 Å². The second-order valence-electron chi connectivity index (χ2n) is 2.53. The van der Waals surface area contributed by atoms with Gasteiger partial charge in [-0.2, -0.15) is 0 Å². The van der Waals surface area contributed by atoms with E-state index in [9.17, 15) is 4.39 Å². The lowest BCUT2D eigenvalue weighted by atomic mass is 10.2. The maximum atomic E-state index is 13.1. The lowest BCUT2D eigenvalue weighted by Gasteiger charge is -1.99. The van der Waals surface area contributed by atoms with Crippen LogP contribution in [-0.4, -0.2) is 12.8 Å². The molecule has 3 heteroatoms. The molecule has 0 spiro atoms. The van der Waals surface area contributed by atoms with Gasteiger partial charge in [0, 0.05) is 17.0 Å². The first-order chi connectivity index (χ1) is 6.27. The quantitative estimate of drug-likeness (QED) is 0.753. The Morgan fingerprint density at radius 1 is 1.54 bits per heavy atom. The van der Waals surface area contributed by atoms with Crippen LogP contribution in [0.1, 0.15) is 5.56 Å². The standard InChI is InChI=1S/C10H12FNS/c1-13-9-4-5-10(11)8(7-9)3-2-6-12/h2-5,7H,6,12H2,1H3/b3-2+. The van der Waals surface area contributed by atoms with Gasteiger partial charge in [-0.15, -0.1) is 11.8 Å². The van der Waals surface area contributed by atoms with Crippen molar-refractivity contribution in [3.63, 3.8) is 0 Å². The number of halogens is 1. The Morgan fingerprint density at radius 3 is 2.92 bits per heavy atom. The fraction of sp³-hybridized carbons (Fsp3) is 0.200. The molecule has 1 aromatic rings. The van der Waals surface area contributed by atoms with Gasteiger partial charge in [0.15, 0.2) is 0 Å². The number of thioether (sulfide) groups is 1. The Hall–Kier alpha value is -0.800. The van der Waals surface area contributed by atoms with Crippen LogP contribution in [0.25, 0.3) is 6.08 Å². The van der Waals surface area contributed by atoms with Crippen molar-refractivity contribution in [1.29, 1.82) is 0 Å². The number of rotatable bonds is 3. The van der Waals surface area contributed by atoms with Crippen LogP contribution in [0.15, 0.2) is 29.2 Å². The molecule has 0 fully saturated rings. The van der Waals surface area contributed by atoms with Crippen LogP contribution in [0.3, 0.4) is 0 Å². The minimum absolute atomic E-state index is 0.206. The molecule has 0 bridgehead atoms. The summed E-state index contributed by atoms with van der Waals surface area (Å²) in [6.45, 7) is 0.433. The molecule has 0 atom stereocenters. The van der Waals surface area contributed by atoms with E-state index in [1.165, 1.54) is 6.07 Å². The van der Waals surface area contributed by atoms with Crippen molar-refractivity contribution in [1.82, 2.24) is 0 Å². The van der Waals surface area contributed by atoms with Crippen LogP contribution >= 0.6 is 11.8 Å². The Bertz CT molecular complexity index is 310. The number of benzene rings is 1. The molecule has 0 amide bonds. The molecule has 1 rings (SSSR count). The molecule has 0 heterocycles. The van der Waals surface area contributed by atoms with Gasteiger partial charge in [-0.25, -0.2) is 4.39 Å². The van der Waals surface area contributed by atoms with Gasteiger partial charge in [-0.3, -0.25) is 0 Å². The van der Waals surface area contributed by atoms with E-state index < -0.39 is 0 Å². The third kappa shape index (κ3) is 2.86. The Kier molecular flexibility index (Phi) is 3.99. The lowest BCUT2D eigenvalue weighted by Crippen LogP contribution is -1.92. The summed E-state index contributed by atoms with van der Waals surface area (Å²) in [6, 6.07) is 5.05. The van der Waals surface area contributed by atoms with Crippen molar-refractivity contribution in [2.75, 3.05) is 12.8 Å². The minimum atomic E-state index is -0.206. The number of hydrogen-bond donors (Lipinski definition) is 1. The zero-order valence-corrected chi connectivity index (χ0v) is 8.27. The fourth-order valence-corrected chi connectivity index (χ4v) is 1.42. The minimum Gasteiger partial charge on any atom is -0.327 e. The average molecular weight is 197 g/mol. The van der Waals surface area contributed by atoms with Crippen molar-refractivity contribution in [3.05, 3.63) is 35.7 Å². The SMILES string of the molecule is CSc1ccc(F)c(/C=C/CN)c1. The summed E-state index contributed by atoms with van der Waals surface area (Å²) >= 11 is 1.59. The summed E-state index contributed by atoms with van der Waals surface area (Å²) in [5, 5.41) is 0. The smallest absolute Gasteiger partial charge is 0.130 e. The summed E-state index contributed by atoms with van der Waals surface area (Å²) in [5.41, 5.74) is 5.88. The summed E-state index contributed by atoms with van der Waals surface area (Å²) in [7, 11) is 0. The highest BCUT2D eigenvalue weighted by Gasteiger charge is 1.98. The van der Waals surface area contributed by atoms with Crippen molar-refractivity contribution < 1.29 is 4.39 Å². The summed E-state index contributed by atoms with van der Waals surface area (Å²) < 4.78 is 13.1. The fourth-order valence-electron chi connectivity index (χ4n) is 0.972. The average Bonchev–Trinajstić information content (AvgIpc) is 2.17. The second-order valence-corrected chi connectivity index (χ2v) is 3.41. The van der Waals surface area contributed by atoms with E-state index in [0.717, 1.165) is 4.90 Å². The van der Waals surface area contributed by atoms with Crippen LogP contribution < -0.4 is 5.73 Å². The molecule has 1 aromatic carbocycles. The Labute approximate surface area is 81.8 Å². The van der Waals surface area contributed by atoms with Gasteiger partial charge < -0.3 is 5.73 Å². The molecule has 0 aromatic heterocycles. The van der Waals surface area contributed by atoms with Gasteiger partial charge in [0.2, 0.25) is 0 Å². The van der Waals surface area contributed by atoms with E-state index in [2.05, 4.69) is 0 Å². The van der Waals surface area contributed by atoms with Crippen molar-refractivity contribution >= 4 is 17.8 Å².